The molecule has 3 heterocycles. The molecule has 1 unspecified atom stereocenters. The van der Waals surface area contributed by atoms with Crippen molar-refractivity contribution in [2.45, 2.75) is 13.0 Å². The lowest BCUT2D eigenvalue weighted by Crippen LogP contribution is -2.38. The van der Waals surface area contributed by atoms with Gasteiger partial charge in [-0.2, -0.15) is 0 Å². The number of hydrogen-bond donors (Lipinski definition) is 2. The fourth-order valence-corrected chi connectivity index (χ4v) is 3.72. The van der Waals surface area contributed by atoms with Crippen molar-refractivity contribution in [2.24, 2.45) is 4.99 Å². The van der Waals surface area contributed by atoms with Gasteiger partial charge in [0.2, 0.25) is 5.95 Å². The number of amidine groups is 1. The number of allylic oxidation sites excluding steroid dienone is 1. The predicted molar refractivity (Wildman–Crippen MR) is 112 cm³/mol. The molecular formula is C22H19N5. The van der Waals surface area contributed by atoms with Crippen LogP contribution in [0.3, 0.4) is 0 Å². The Morgan fingerprint density at radius 2 is 1.93 bits per heavy atom. The Hall–Kier alpha value is -3.60. The third kappa shape index (κ3) is 2.32. The Morgan fingerprint density at radius 3 is 2.78 bits per heavy atom. The topological polar surface area (TPSA) is 56.3 Å². The highest BCUT2D eigenvalue weighted by Gasteiger charge is 2.38. The van der Waals surface area contributed by atoms with Crippen LogP contribution in [0, 0.1) is 0 Å². The maximum atomic E-state index is 4.92. The van der Waals surface area contributed by atoms with E-state index in [2.05, 4.69) is 46.0 Å². The monoisotopic (exact) mass is 353 g/mol. The van der Waals surface area contributed by atoms with Crippen LogP contribution in [0.1, 0.15) is 29.9 Å². The molecule has 2 aliphatic heterocycles. The first-order valence-electron chi connectivity index (χ1n) is 8.98. The van der Waals surface area contributed by atoms with Crippen molar-refractivity contribution >= 4 is 41.0 Å². The SMILES string of the molecule is C=Cc1nc(N2C3=Nc4ccccc4C3Nc3ccccc32)[nH]c1/C=C\C. The van der Waals surface area contributed by atoms with E-state index >= 15 is 0 Å². The number of rotatable bonds is 3. The molecule has 0 saturated heterocycles. The standard InChI is InChI=1S/C22H19N5/c1-3-9-17-15(4-2)25-22(26-17)27-19-13-8-7-12-18(19)23-20-14-10-5-6-11-16(14)24-21(20)27/h3-13,20,23H,2H2,1H3,(H,25,26)/b9-3-. The lowest BCUT2D eigenvalue weighted by molar-refractivity contribution is 0.996. The van der Waals surface area contributed by atoms with Crippen LogP contribution in [-0.4, -0.2) is 15.8 Å². The molecule has 132 valence electrons. The van der Waals surface area contributed by atoms with Crippen molar-refractivity contribution in [3.8, 4) is 0 Å². The molecule has 1 aromatic heterocycles. The molecule has 0 amide bonds. The molecule has 0 bridgehead atoms. The Balaban J connectivity index is 1.72. The summed E-state index contributed by atoms with van der Waals surface area (Å²) in [4.78, 5) is 15.2. The summed E-state index contributed by atoms with van der Waals surface area (Å²) in [6, 6.07) is 16.5. The molecule has 0 spiro atoms. The number of fused-ring (bicyclic) bond motifs is 4. The number of para-hydroxylation sites is 3. The first kappa shape index (κ1) is 15.6. The van der Waals surface area contributed by atoms with Gasteiger partial charge in [-0.15, -0.1) is 0 Å². The minimum Gasteiger partial charge on any atom is -0.370 e. The number of H-pyrrole nitrogens is 1. The molecule has 1 atom stereocenters. The van der Waals surface area contributed by atoms with Gasteiger partial charge in [0.05, 0.1) is 28.5 Å². The summed E-state index contributed by atoms with van der Waals surface area (Å²) in [6.45, 7) is 5.89. The third-order valence-electron chi connectivity index (χ3n) is 4.90. The number of benzene rings is 2. The molecule has 0 aliphatic carbocycles. The fourth-order valence-electron chi connectivity index (χ4n) is 3.72. The lowest BCUT2D eigenvalue weighted by atomic mass is 10.0. The second kappa shape index (κ2) is 5.99. The van der Waals surface area contributed by atoms with Crippen molar-refractivity contribution in [3.63, 3.8) is 0 Å². The highest BCUT2D eigenvalue weighted by molar-refractivity contribution is 6.15. The minimum atomic E-state index is -0.00134. The van der Waals surface area contributed by atoms with Crippen molar-refractivity contribution in [3.05, 3.63) is 78.1 Å². The van der Waals surface area contributed by atoms with E-state index in [9.17, 15) is 0 Å². The maximum Gasteiger partial charge on any atom is 0.214 e. The molecule has 0 saturated carbocycles. The normalized spacial score (nSPS) is 17.1. The number of aromatic nitrogens is 2. The van der Waals surface area contributed by atoms with Crippen molar-refractivity contribution in [2.75, 3.05) is 10.2 Å². The van der Waals surface area contributed by atoms with Gasteiger partial charge in [0.15, 0.2) is 0 Å². The van der Waals surface area contributed by atoms with E-state index in [1.807, 2.05) is 43.3 Å². The summed E-state index contributed by atoms with van der Waals surface area (Å²) < 4.78 is 0. The Labute approximate surface area is 157 Å². The molecule has 0 radical (unpaired) electrons. The Bertz CT molecular complexity index is 1110. The minimum absolute atomic E-state index is 0.00134. The lowest BCUT2D eigenvalue weighted by Gasteiger charge is -2.34. The number of aromatic amines is 1. The van der Waals surface area contributed by atoms with E-state index in [-0.39, 0.29) is 6.04 Å². The van der Waals surface area contributed by atoms with E-state index < -0.39 is 0 Å². The van der Waals surface area contributed by atoms with E-state index in [1.54, 1.807) is 6.08 Å². The average molecular weight is 353 g/mol. The molecule has 27 heavy (non-hydrogen) atoms. The van der Waals surface area contributed by atoms with E-state index in [0.29, 0.717) is 0 Å². The van der Waals surface area contributed by atoms with E-state index in [0.717, 1.165) is 40.2 Å². The van der Waals surface area contributed by atoms with Gasteiger partial charge in [-0.1, -0.05) is 43.0 Å². The van der Waals surface area contributed by atoms with Gasteiger partial charge in [0, 0.05) is 5.56 Å². The zero-order valence-electron chi connectivity index (χ0n) is 15.0. The predicted octanol–water partition coefficient (Wildman–Crippen LogP) is 5.43. The van der Waals surface area contributed by atoms with Crippen LogP contribution in [0.5, 0.6) is 0 Å². The summed E-state index contributed by atoms with van der Waals surface area (Å²) >= 11 is 0. The molecule has 2 aromatic carbocycles. The number of aliphatic imine (C=N–C) groups is 1. The Morgan fingerprint density at radius 1 is 1.11 bits per heavy atom. The number of hydrogen-bond acceptors (Lipinski definition) is 4. The van der Waals surface area contributed by atoms with Gasteiger partial charge in [-0.3, -0.25) is 4.90 Å². The summed E-state index contributed by atoms with van der Waals surface area (Å²) in [6.07, 6.45) is 5.76. The maximum absolute atomic E-state index is 4.92. The zero-order valence-corrected chi connectivity index (χ0v) is 15.0. The fraction of sp³-hybridized carbons (Fsp3) is 0.0909. The van der Waals surface area contributed by atoms with Crippen molar-refractivity contribution in [1.82, 2.24) is 9.97 Å². The van der Waals surface area contributed by atoms with Gasteiger partial charge in [0.25, 0.3) is 0 Å². The van der Waals surface area contributed by atoms with Gasteiger partial charge >= 0.3 is 0 Å². The van der Waals surface area contributed by atoms with Gasteiger partial charge in [0.1, 0.15) is 11.9 Å². The van der Waals surface area contributed by atoms with Gasteiger partial charge < -0.3 is 10.3 Å². The second-order valence-corrected chi connectivity index (χ2v) is 6.52. The smallest absolute Gasteiger partial charge is 0.214 e. The van der Waals surface area contributed by atoms with Crippen LogP contribution >= 0.6 is 0 Å². The first-order chi connectivity index (χ1) is 13.3. The zero-order chi connectivity index (χ0) is 18.4. The van der Waals surface area contributed by atoms with Crippen molar-refractivity contribution in [1.29, 1.82) is 0 Å². The van der Waals surface area contributed by atoms with E-state index in [1.165, 1.54) is 5.56 Å². The van der Waals surface area contributed by atoms with Crippen LogP contribution in [0.15, 0.2) is 66.2 Å². The molecular weight excluding hydrogens is 334 g/mol. The number of imidazole rings is 1. The van der Waals surface area contributed by atoms with Crippen LogP contribution in [-0.2, 0) is 0 Å². The largest absolute Gasteiger partial charge is 0.370 e. The summed E-state index contributed by atoms with van der Waals surface area (Å²) in [5.41, 5.74) is 6.01. The molecule has 5 heteroatoms. The first-order valence-corrected chi connectivity index (χ1v) is 8.98. The molecule has 5 rings (SSSR count). The summed E-state index contributed by atoms with van der Waals surface area (Å²) in [7, 11) is 0. The third-order valence-corrected chi connectivity index (χ3v) is 4.90. The van der Waals surface area contributed by atoms with Gasteiger partial charge in [-0.05, 0) is 37.3 Å². The number of nitrogens with one attached hydrogen (secondary N) is 2. The van der Waals surface area contributed by atoms with Crippen LogP contribution < -0.4 is 10.2 Å². The quantitative estimate of drug-likeness (QED) is 0.660. The number of anilines is 3. The van der Waals surface area contributed by atoms with Gasteiger partial charge in [-0.25, -0.2) is 9.98 Å². The number of nitrogens with zero attached hydrogens (tertiary/aromatic N) is 3. The molecule has 0 fully saturated rings. The molecule has 3 aromatic rings. The second-order valence-electron chi connectivity index (χ2n) is 6.52. The highest BCUT2D eigenvalue weighted by Crippen LogP contribution is 2.46. The van der Waals surface area contributed by atoms with E-state index in [4.69, 9.17) is 9.98 Å². The highest BCUT2D eigenvalue weighted by atomic mass is 15.4. The van der Waals surface area contributed by atoms with Crippen LogP contribution in [0.4, 0.5) is 23.0 Å². The van der Waals surface area contributed by atoms with Crippen molar-refractivity contribution < 1.29 is 0 Å². The molecule has 2 aliphatic rings. The summed E-state index contributed by atoms with van der Waals surface area (Å²) in [5, 5.41) is 3.63. The Kier molecular flexibility index (Phi) is 3.47. The van der Waals surface area contributed by atoms with Crippen LogP contribution in [0.25, 0.3) is 12.2 Å². The average Bonchev–Trinajstić information content (AvgIpc) is 3.27. The summed E-state index contributed by atoms with van der Waals surface area (Å²) in [5.74, 6) is 1.66. The molecule has 5 nitrogen and oxygen atoms in total. The molecule has 2 N–H and O–H groups in total. The van der Waals surface area contributed by atoms with Crippen LogP contribution in [0.2, 0.25) is 0 Å².